The van der Waals surface area contributed by atoms with Gasteiger partial charge in [-0.05, 0) is 37.6 Å². The van der Waals surface area contributed by atoms with E-state index in [1.54, 1.807) is 0 Å². The quantitative estimate of drug-likeness (QED) is 0.817. The van der Waals surface area contributed by atoms with E-state index in [-0.39, 0.29) is 5.91 Å². The lowest BCUT2D eigenvalue weighted by atomic mass is 10.1. The molecule has 2 aromatic rings. The van der Waals surface area contributed by atoms with Crippen molar-refractivity contribution in [3.63, 3.8) is 0 Å². The van der Waals surface area contributed by atoms with Gasteiger partial charge in [0.15, 0.2) is 0 Å². The summed E-state index contributed by atoms with van der Waals surface area (Å²) in [7, 11) is 0. The zero-order chi connectivity index (χ0) is 15.5. The van der Waals surface area contributed by atoms with Gasteiger partial charge in [0, 0.05) is 18.5 Å². The van der Waals surface area contributed by atoms with E-state index >= 15 is 0 Å². The lowest BCUT2D eigenvalue weighted by molar-refractivity contribution is -0.132. The van der Waals surface area contributed by atoms with Crippen LogP contribution in [0.1, 0.15) is 11.1 Å². The van der Waals surface area contributed by atoms with Gasteiger partial charge in [0.2, 0.25) is 5.91 Å². The summed E-state index contributed by atoms with van der Waals surface area (Å²) in [5, 5.41) is 2.10. The Balaban J connectivity index is 1.71. The highest BCUT2D eigenvalue weighted by molar-refractivity contribution is 7.99. The summed E-state index contributed by atoms with van der Waals surface area (Å²) in [6, 6.07) is 8.40. The molecule has 1 aliphatic rings. The standard InChI is InChI=1S/C17H20N2O2S/c1-12-3-4-15-14(9-12)10-13(2)17(18-15)22-11-16(20)19-5-7-21-8-6-19/h3-4,9-10H,5-8,11H2,1-2H3. The number of morpholine rings is 1. The first-order chi connectivity index (χ1) is 10.6. The van der Waals surface area contributed by atoms with Gasteiger partial charge in [-0.3, -0.25) is 4.79 Å². The number of pyridine rings is 1. The third kappa shape index (κ3) is 3.42. The van der Waals surface area contributed by atoms with Gasteiger partial charge >= 0.3 is 0 Å². The number of aromatic nitrogens is 1. The second kappa shape index (κ2) is 6.67. The number of carbonyl (C=O) groups is 1. The van der Waals surface area contributed by atoms with Crippen LogP contribution in [0.4, 0.5) is 0 Å². The number of thioether (sulfide) groups is 1. The van der Waals surface area contributed by atoms with Crippen LogP contribution in [-0.2, 0) is 9.53 Å². The van der Waals surface area contributed by atoms with Crippen molar-refractivity contribution in [2.45, 2.75) is 18.9 Å². The van der Waals surface area contributed by atoms with Gasteiger partial charge in [0.25, 0.3) is 0 Å². The zero-order valence-electron chi connectivity index (χ0n) is 13.0. The van der Waals surface area contributed by atoms with Crippen LogP contribution < -0.4 is 0 Å². The highest BCUT2D eigenvalue weighted by Gasteiger charge is 2.17. The number of rotatable bonds is 3. The van der Waals surface area contributed by atoms with Crippen molar-refractivity contribution in [3.05, 3.63) is 35.4 Å². The lowest BCUT2D eigenvalue weighted by Gasteiger charge is -2.26. The van der Waals surface area contributed by atoms with Crippen molar-refractivity contribution in [3.8, 4) is 0 Å². The van der Waals surface area contributed by atoms with Crippen LogP contribution in [-0.4, -0.2) is 47.8 Å². The predicted octanol–water partition coefficient (Wildman–Crippen LogP) is 2.80. The summed E-state index contributed by atoms with van der Waals surface area (Å²) in [5.41, 5.74) is 3.34. The van der Waals surface area contributed by atoms with E-state index in [9.17, 15) is 4.79 Å². The van der Waals surface area contributed by atoms with Gasteiger partial charge in [-0.25, -0.2) is 4.98 Å². The number of amides is 1. The largest absolute Gasteiger partial charge is 0.378 e. The Bertz CT molecular complexity index is 696. The number of hydrogen-bond donors (Lipinski definition) is 0. The monoisotopic (exact) mass is 316 g/mol. The first-order valence-electron chi connectivity index (χ1n) is 7.50. The minimum absolute atomic E-state index is 0.165. The van der Waals surface area contributed by atoms with Crippen LogP contribution in [0.15, 0.2) is 29.3 Å². The second-order valence-corrected chi connectivity index (χ2v) is 6.55. The average Bonchev–Trinajstić information content (AvgIpc) is 2.53. The molecule has 1 aromatic carbocycles. The summed E-state index contributed by atoms with van der Waals surface area (Å²) in [5.74, 6) is 0.601. The molecule has 0 aliphatic carbocycles. The number of carbonyl (C=O) groups excluding carboxylic acids is 1. The molecular formula is C17H20N2O2S. The Hall–Kier alpha value is -1.59. The van der Waals surface area contributed by atoms with E-state index in [1.807, 2.05) is 11.0 Å². The molecule has 1 aromatic heterocycles. The molecule has 0 N–H and O–H groups in total. The van der Waals surface area contributed by atoms with Crippen molar-refractivity contribution in [1.29, 1.82) is 0 Å². The summed E-state index contributed by atoms with van der Waals surface area (Å²) >= 11 is 1.52. The fraction of sp³-hybridized carbons (Fsp3) is 0.412. The van der Waals surface area contributed by atoms with Gasteiger partial charge in [0.05, 0.1) is 24.5 Å². The lowest BCUT2D eigenvalue weighted by Crippen LogP contribution is -2.41. The molecule has 22 heavy (non-hydrogen) atoms. The molecule has 1 amide bonds. The van der Waals surface area contributed by atoms with Crippen LogP contribution in [0, 0.1) is 13.8 Å². The molecule has 1 fully saturated rings. The van der Waals surface area contributed by atoms with E-state index in [4.69, 9.17) is 9.72 Å². The predicted molar refractivity (Wildman–Crippen MR) is 89.3 cm³/mol. The number of ether oxygens (including phenoxy) is 1. The second-order valence-electron chi connectivity index (χ2n) is 5.59. The Morgan fingerprint density at radius 2 is 2.05 bits per heavy atom. The Morgan fingerprint density at radius 1 is 1.27 bits per heavy atom. The van der Waals surface area contributed by atoms with Crippen molar-refractivity contribution >= 4 is 28.6 Å². The molecule has 0 atom stereocenters. The number of aryl methyl sites for hydroxylation is 2. The Morgan fingerprint density at radius 3 is 2.82 bits per heavy atom. The highest BCUT2D eigenvalue weighted by Crippen LogP contribution is 2.25. The highest BCUT2D eigenvalue weighted by atomic mass is 32.2. The van der Waals surface area contributed by atoms with Crippen LogP contribution >= 0.6 is 11.8 Å². The molecule has 0 bridgehead atoms. The van der Waals surface area contributed by atoms with Gasteiger partial charge in [-0.1, -0.05) is 23.4 Å². The SMILES string of the molecule is Cc1ccc2nc(SCC(=O)N3CCOCC3)c(C)cc2c1. The van der Waals surface area contributed by atoms with E-state index in [0.717, 1.165) is 21.5 Å². The molecule has 0 saturated carbocycles. The molecule has 0 unspecified atom stereocenters. The number of nitrogens with zero attached hydrogens (tertiary/aromatic N) is 2. The number of fused-ring (bicyclic) bond motifs is 1. The molecule has 116 valence electrons. The Kier molecular flexibility index (Phi) is 4.64. The molecule has 0 radical (unpaired) electrons. The van der Waals surface area contributed by atoms with Crippen molar-refractivity contribution in [2.24, 2.45) is 0 Å². The van der Waals surface area contributed by atoms with E-state index < -0.39 is 0 Å². The summed E-state index contributed by atoms with van der Waals surface area (Å²) in [6.07, 6.45) is 0. The Labute approximate surface area is 134 Å². The minimum Gasteiger partial charge on any atom is -0.378 e. The first-order valence-corrected chi connectivity index (χ1v) is 8.48. The molecule has 0 spiro atoms. The fourth-order valence-electron chi connectivity index (χ4n) is 2.56. The zero-order valence-corrected chi connectivity index (χ0v) is 13.8. The van der Waals surface area contributed by atoms with E-state index in [0.29, 0.717) is 32.1 Å². The number of benzene rings is 1. The molecular weight excluding hydrogens is 296 g/mol. The molecule has 5 heteroatoms. The normalized spacial score (nSPS) is 15.3. The first kappa shape index (κ1) is 15.3. The molecule has 1 aliphatic heterocycles. The maximum atomic E-state index is 12.2. The van der Waals surface area contributed by atoms with Crippen LogP contribution in [0.5, 0.6) is 0 Å². The number of hydrogen-bond acceptors (Lipinski definition) is 4. The van der Waals surface area contributed by atoms with Crippen molar-refractivity contribution in [2.75, 3.05) is 32.1 Å². The molecule has 1 saturated heterocycles. The molecule has 4 nitrogen and oxygen atoms in total. The van der Waals surface area contributed by atoms with Crippen LogP contribution in [0.2, 0.25) is 0 Å². The van der Waals surface area contributed by atoms with Crippen LogP contribution in [0.25, 0.3) is 10.9 Å². The van der Waals surface area contributed by atoms with E-state index in [2.05, 4.69) is 32.0 Å². The summed E-state index contributed by atoms with van der Waals surface area (Å²) < 4.78 is 5.28. The molecule has 2 heterocycles. The maximum absolute atomic E-state index is 12.2. The third-order valence-electron chi connectivity index (χ3n) is 3.81. The summed E-state index contributed by atoms with van der Waals surface area (Å²) in [4.78, 5) is 18.8. The smallest absolute Gasteiger partial charge is 0.233 e. The van der Waals surface area contributed by atoms with Gasteiger partial charge in [-0.2, -0.15) is 0 Å². The van der Waals surface area contributed by atoms with Crippen molar-refractivity contribution < 1.29 is 9.53 Å². The fourth-order valence-corrected chi connectivity index (χ4v) is 3.46. The minimum atomic E-state index is 0.165. The van der Waals surface area contributed by atoms with Crippen molar-refractivity contribution in [1.82, 2.24) is 9.88 Å². The third-order valence-corrected chi connectivity index (χ3v) is 4.89. The van der Waals surface area contributed by atoms with Gasteiger partial charge in [-0.15, -0.1) is 0 Å². The van der Waals surface area contributed by atoms with Crippen LogP contribution in [0.3, 0.4) is 0 Å². The van der Waals surface area contributed by atoms with Gasteiger partial charge < -0.3 is 9.64 Å². The average molecular weight is 316 g/mol. The van der Waals surface area contributed by atoms with Gasteiger partial charge in [0.1, 0.15) is 5.03 Å². The molecule has 3 rings (SSSR count). The summed E-state index contributed by atoms with van der Waals surface area (Å²) in [6.45, 7) is 6.81. The maximum Gasteiger partial charge on any atom is 0.233 e. The topological polar surface area (TPSA) is 42.4 Å². The van der Waals surface area contributed by atoms with E-state index in [1.165, 1.54) is 17.3 Å².